The highest BCUT2D eigenvalue weighted by Crippen LogP contribution is 2.27. The van der Waals surface area contributed by atoms with E-state index in [1.807, 2.05) is 31.2 Å². The molecule has 0 heterocycles. The zero-order valence-corrected chi connectivity index (χ0v) is 13.4. The van der Waals surface area contributed by atoms with Gasteiger partial charge in [0.15, 0.2) is 0 Å². The fourth-order valence-electron chi connectivity index (χ4n) is 2.22. The van der Waals surface area contributed by atoms with E-state index in [1.165, 1.54) is 23.1 Å². The van der Waals surface area contributed by atoms with Crippen molar-refractivity contribution in [3.63, 3.8) is 0 Å². The number of benzene rings is 2. The molecule has 0 aromatic heterocycles. The van der Waals surface area contributed by atoms with Crippen LogP contribution in [-0.2, 0) is 17.8 Å². The van der Waals surface area contributed by atoms with Crippen LogP contribution >= 0.6 is 0 Å². The fraction of sp³-hybridized carbons (Fsp3) is 0.278. The molecule has 0 fully saturated rings. The van der Waals surface area contributed by atoms with Gasteiger partial charge in [0.1, 0.15) is 5.75 Å². The normalized spacial score (nSPS) is 11.2. The van der Waals surface area contributed by atoms with Crippen molar-refractivity contribution in [2.45, 2.75) is 26.3 Å². The van der Waals surface area contributed by atoms with Crippen LogP contribution < -0.4 is 4.74 Å². The second-order valence-corrected chi connectivity index (χ2v) is 5.57. The van der Waals surface area contributed by atoms with Crippen molar-refractivity contribution in [3.05, 3.63) is 65.2 Å². The van der Waals surface area contributed by atoms with E-state index >= 15 is 0 Å². The summed E-state index contributed by atoms with van der Waals surface area (Å²) in [5.41, 5.74) is 2.25. The second kappa shape index (κ2) is 7.38. The maximum atomic E-state index is 12.4. The lowest BCUT2D eigenvalue weighted by Gasteiger charge is -2.20. The number of hydrogen-bond donors (Lipinski definition) is 0. The molecule has 2 aromatic rings. The fourth-order valence-corrected chi connectivity index (χ4v) is 2.22. The minimum atomic E-state index is -4.76. The number of hydrogen-bond acceptors (Lipinski definition) is 2. The first-order chi connectivity index (χ1) is 11.2. The van der Waals surface area contributed by atoms with Gasteiger partial charge in [-0.05, 0) is 18.6 Å². The Bertz CT molecular complexity index is 696. The van der Waals surface area contributed by atoms with Gasteiger partial charge in [0, 0.05) is 19.2 Å². The molecule has 0 N–H and O–H groups in total. The Balaban J connectivity index is 2.05. The van der Waals surface area contributed by atoms with Gasteiger partial charge in [0.05, 0.1) is 6.42 Å². The van der Waals surface area contributed by atoms with Crippen LogP contribution in [0.3, 0.4) is 0 Å². The molecular formula is C18H18F3NO2. The van der Waals surface area contributed by atoms with Crippen molar-refractivity contribution < 1.29 is 22.7 Å². The summed E-state index contributed by atoms with van der Waals surface area (Å²) in [5.74, 6) is -0.472. The van der Waals surface area contributed by atoms with Crippen LogP contribution in [0.4, 0.5) is 13.2 Å². The number of rotatable bonds is 5. The lowest BCUT2D eigenvalue weighted by Crippen LogP contribution is -2.28. The van der Waals surface area contributed by atoms with Gasteiger partial charge in [-0.15, -0.1) is 13.2 Å². The summed E-state index contributed by atoms with van der Waals surface area (Å²) in [7, 11) is 1.56. The predicted molar refractivity (Wildman–Crippen MR) is 84.5 cm³/mol. The highest BCUT2D eigenvalue weighted by Gasteiger charge is 2.32. The topological polar surface area (TPSA) is 29.5 Å². The largest absolute Gasteiger partial charge is 0.573 e. The first kappa shape index (κ1) is 17.8. The van der Waals surface area contributed by atoms with Gasteiger partial charge < -0.3 is 9.64 Å². The third-order valence-corrected chi connectivity index (χ3v) is 3.51. The Morgan fingerprint density at radius 1 is 1.08 bits per heavy atom. The number of likely N-dealkylation sites (N-methyl/N-ethyl adjacent to an activating group) is 1. The molecule has 0 saturated heterocycles. The van der Waals surface area contributed by atoms with Gasteiger partial charge >= 0.3 is 6.36 Å². The molecule has 0 spiro atoms. The molecule has 0 unspecified atom stereocenters. The maximum absolute atomic E-state index is 12.4. The van der Waals surface area contributed by atoms with Crippen molar-refractivity contribution in [2.24, 2.45) is 0 Å². The monoisotopic (exact) mass is 337 g/mol. The highest BCUT2D eigenvalue weighted by atomic mass is 19.4. The number of para-hydroxylation sites is 1. The summed E-state index contributed by atoms with van der Waals surface area (Å²) >= 11 is 0. The van der Waals surface area contributed by atoms with E-state index < -0.39 is 6.36 Å². The van der Waals surface area contributed by atoms with Crippen LogP contribution in [0.5, 0.6) is 5.75 Å². The van der Waals surface area contributed by atoms with E-state index in [2.05, 4.69) is 4.74 Å². The number of carbonyl (C=O) groups excluding carboxylic acids is 1. The molecule has 128 valence electrons. The minimum absolute atomic E-state index is 0.0386. The van der Waals surface area contributed by atoms with Gasteiger partial charge in [-0.2, -0.15) is 0 Å². The molecule has 0 atom stereocenters. The molecule has 2 aromatic carbocycles. The summed E-state index contributed by atoms with van der Waals surface area (Å²) in [5, 5.41) is 0. The lowest BCUT2D eigenvalue weighted by molar-refractivity contribution is -0.275. The van der Waals surface area contributed by atoms with E-state index in [-0.39, 0.29) is 24.6 Å². The molecule has 2 rings (SSSR count). The molecule has 3 nitrogen and oxygen atoms in total. The van der Waals surface area contributed by atoms with E-state index in [9.17, 15) is 18.0 Å². The van der Waals surface area contributed by atoms with Crippen molar-refractivity contribution in [1.82, 2.24) is 4.90 Å². The molecular weight excluding hydrogens is 319 g/mol. The summed E-state index contributed by atoms with van der Waals surface area (Å²) in [6.07, 6.45) is -4.57. The van der Waals surface area contributed by atoms with E-state index in [1.54, 1.807) is 13.1 Å². The Labute approximate surface area is 138 Å². The number of ether oxygens (including phenoxy) is 1. The SMILES string of the molecule is Cc1ccc(CC(=O)N(C)Cc2ccccc2OC(F)(F)F)cc1. The molecule has 24 heavy (non-hydrogen) atoms. The molecule has 0 aliphatic rings. The molecule has 6 heteroatoms. The van der Waals surface area contributed by atoms with Gasteiger partial charge in [0.25, 0.3) is 0 Å². The Kier molecular flexibility index (Phi) is 5.49. The van der Waals surface area contributed by atoms with Crippen LogP contribution in [0.15, 0.2) is 48.5 Å². The number of nitrogens with zero attached hydrogens (tertiary/aromatic N) is 1. The van der Waals surface area contributed by atoms with Crippen LogP contribution in [0, 0.1) is 6.92 Å². The van der Waals surface area contributed by atoms with Gasteiger partial charge in [-0.1, -0.05) is 48.0 Å². The van der Waals surface area contributed by atoms with Crippen molar-refractivity contribution in [1.29, 1.82) is 0 Å². The molecule has 0 radical (unpaired) electrons. The second-order valence-electron chi connectivity index (χ2n) is 5.57. The first-order valence-corrected chi connectivity index (χ1v) is 7.38. The third kappa shape index (κ3) is 5.30. The quantitative estimate of drug-likeness (QED) is 0.822. The molecule has 0 aliphatic heterocycles. The molecule has 1 amide bonds. The lowest BCUT2D eigenvalue weighted by atomic mass is 10.1. The average molecular weight is 337 g/mol. The van der Waals surface area contributed by atoms with E-state index in [4.69, 9.17) is 0 Å². The Morgan fingerprint density at radius 2 is 1.71 bits per heavy atom. The predicted octanol–water partition coefficient (Wildman–Crippen LogP) is 4.09. The van der Waals surface area contributed by atoms with Crippen molar-refractivity contribution in [2.75, 3.05) is 7.05 Å². The zero-order valence-electron chi connectivity index (χ0n) is 13.4. The number of aryl methyl sites for hydroxylation is 1. The van der Waals surface area contributed by atoms with Crippen LogP contribution in [0.2, 0.25) is 0 Å². The van der Waals surface area contributed by atoms with Crippen molar-refractivity contribution in [3.8, 4) is 5.75 Å². The number of carbonyl (C=O) groups is 1. The highest BCUT2D eigenvalue weighted by molar-refractivity contribution is 5.78. The molecule has 0 aliphatic carbocycles. The summed E-state index contributed by atoms with van der Waals surface area (Å²) < 4.78 is 41.3. The third-order valence-electron chi connectivity index (χ3n) is 3.51. The van der Waals surface area contributed by atoms with E-state index in [0.717, 1.165) is 11.1 Å². The smallest absolute Gasteiger partial charge is 0.405 e. The Hall–Kier alpha value is -2.50. The summed E-state index contributed by atoms with van der Waals surface area (Å²) in [6.45, 7) is 1.99. The number of alkyl halides is 3. The standard InChI is InChI=1S/C18H18F3NO2/c1-13-7-9-14(10-8-13)11-17(23)22(2)12-15-5-3-4-6-16(15)24-18(19,20)21/h3-10H,11-12H2,1-2H3. The van der Waals surface area contributed by atoms with Gasteiger partial charge in [0.2, 0.25) is 5.91 Å². The first-order valence-electron chi connectivity index (χ1n) is 7.38. The minimum Gasteiger partial charge on any atom is -0.405 e. The van der Waals surface area contributed by atoms with Crippen LogP contribution in [-0.4, -0.2) is 24.2 Å². The molecule has 0 saturated carbocycles. The van der Waals surface area contributed by atoms with Crippen LogP contribution in [0.1, 0.15) is 16.7 Å². The summed E-state index contributed by atoms with van der Waals surface area (Å²) in [4.78, 5) is 13.6. The van der Waals surface area contributed by atoms with E-state index in [0.29, 0.717) is 5.56 Å². The maximum Gasteiger partial charge on any atom is 0.573 e. The van der Waals surface area contributed by atoms with Crippen molar-refractivity contribution >= 4 is 5.91 Å². The Morgan fingerprint density at radius 3 is 2.33 bits per heavy atom. The van der Waals surface area contributed by atoms with Gasteiger partial charge in [-0.25, -0.2) is 0 Å². The average Bonchev–Trinajstić information content (AvgIpc) is 2.50. The van der Waals surface area contributed by atoms with Gasteiger partial charge in [-0.3, -0.25) is 4.79 Å². The molecule has 0 bridgehead atoms. The number of amides is 1. The van der Waals surface area contributed by atoms with Crippen LogP contribution in [0.25, 0.3) is 0 Å². The summed E-state index contributed by atoms with van der Waals surface area (Å²) in [6, 6.07) is 13.4. The zero-order chi connectivity index (χ0) is 17.7. The number of halogens is 3.